The molecule has 8 nitrogen and oxygen atoms in total. The van der Waals surface area contributed by atoms with Crippen LogP contribution >= 0.6 is 34.7 Å². The second-order valence-electron chi connectivity index (χ2n) is 6.14. The van der Waals surface area contributed by atoms with Crippen molar-refractivity contribution in [1.29, 1.82) is 0 Å². The van der Waals surface area contributed by atoms with E-state index in [0.29, 0.717) is 22.8 Å². The Kier molecular flexibility index (Phi) is 9.12. The highest BCUT2D eigenvalue weighted by molar-refractivity contribution is 8.00. The van der Waals surface area contributed by atoms with Crippen molar-refractivity contribution in [3.05, 3.63) is 45.2 Å². The van der Waals surface area contributed by atoms with Crippen molar-refractivity contribution >= 4 is 58.3 Å². The quantitative estimate of drug-likeness (QED) is 0.161. The first kappa shape index (κ1) is 24.2. The van der Waals surface area contributed by atoms with Gasteiger partial charge in [-0.15, -0.1) is 11.3 Å². The number of carbonyl (C=O) groups is 2. The zero-order valence-electron chi connectivity index (χ0n) is 17.0. The normalized spacial score (nSPS) is 11.7. The number of aryl methyl sites for hydroxylation is 2. The van der Waals surface area contributed by atoms with E-state index in [-0.39, 0.29) is 24.6 Å². The van der Waals surface area contributed by atoms with E-state index < -0.39 is 5.91 Å². The second kappa shape index (κ2) is 11.3. The lowest BCUT2D eigenvalue weighted by molar-refractivity contribution is -0.128. The number of carbonyl (C=O) groups excluding carboxylic acids is 2. The molecule has 0 saturated heterocycles. The summed E-state index contributed by atoms with van der Waals surface area (Å²) in [6.07, 6.45) is 2.46. The van der Waals surface area contributed by atoms with Crippen molar-refractivity contribution < 1.29 is 19.5 Å². The minimum Gasteiger partial charge on any atom is -0.394 e. The predicted molar refractivity (Wildman–Crippen MR) is 120 cm³/mol. The van der Waals surface area contributed by atoms with Gasteiger partial charge in [-0.2, -0.15) is 0 Å². The number of benzene rings is 1. The van der Waals surface area contributed by atoms with Crippen LogP contribution in [0.5, 0.6) is 0 Å². The van der Waals surface area contributed by atoms with Crippen molar-refractivity contribution in [2.45, 2.75) is 18.2 Å². The smallest absolute Gasteiger partial charge is 0.280 e. The lowest BCUT2D eigenvalue weighted by atomic mass is 10.1. The molecule has 0 radical (unpaired) electrons. The molecule has 0 atom stereocenters. The van der Waals surface area contributed by atoms with Crippen LogP contribution in [0.25, 0.3) is 5.57 Å². The van der Waals surface area contributed by atoms with Crippen molar-refractivity contribution in [2.24, 2.45) is 0 Å². The number of nitrogens with zero attached hydrogens (tertiary/aromatic N) is 2. The Morgan fingerprint density at radius 1 is 1.43 bits per heavy atom. The Morgan fingerprint density at radius 3 is 2.73 bits per heavy atom. The molecule has 0 bridgehead atoms. The number of nitrogens with one attached hydrogen (secondary N) is 2. The molecule has 1 heterocycles. The molecule has 0 aliphatic rings. The highest BCUT2D eigenvalue weighted by Gasteiger charge is 2.26. The molecule has 30 heavy (non-hydrogen) atoms. The number of aliphatic hydroxyl groups excluding tert-OH is 1. The molecule has 0 aliphatic heterocycles. The molecule has 2 rings (SSSR count). The van der Waals surface area contributed by atoms with Crippen LogP contribution in [-0.2, 0) is 14.4 Å². The summed E-state index contributed by atoms with van der Waals surface area (Å²) in [7, 11) is 1.51. The number of thioether (sulfide) groups is 1. The van der Waals surface area contributed by atoms with E-state index in [2.05, 4.69) is 15.8 Å². The fourth-order valence-corrected chi connectivity index (χ4v) is 4.28. The SMILES string of the molecule is CSc1nc(/C(C(=O)NOCCO)=C(/Nc2ccc(C)cc2Cl)N(C)C=O)c(C)s1. The van der Waals surface area contributed by atoms with Crippen LogP contribution in [0.4, 0.5) is 5.69 Å². The molecule has 11 heteroatoms. The zero-order valence-corrected chi connectivity index (χ0v) is 19.4. The van der Waals surface area contributed by atoms with Gasteiger partial charge in [0.05, 0.1) is 29.6 Å². The Morgan fingerprint density at radius 2 is 2.17 bits per heavy atom. The number of amides is 2. The zero-order chi connectivity index (χ0) is 22.3. The minimum absolute atomic E-state index is 0.0821. The van der Waals surface area contributed by atoms with Crippen LogP contribution < -0.4 is 10.8 Å². The van der Waals surface area contributed by atoms with Gasteiger partial charge in [-0.1, -0.05) is 29.4 Å². The Hall–Kier alpha value is -2.11. The predicted octanol–water partition coefficient (Wildman–Crippen LogP) is 3.04. The fourth-order valence-electron chi connectivity index (χ4n) is 2.46. The summed E-state index contributed by atoms with van der Waals surface area (Å²) >= 11 is 9.24. The Balaban J connectivity index is 2.65. The molecule has 0 aliphatic carbocycles. The Bertz CT molecular complexity index is 949. The summed E-state index contributed by atoms with van der Waals surface area (Å²) in [4.78, 5) is 36.2. The first-order valence-electron chi connectivity index (χ1n) is 8.82. The fraction of sp³-hybridized carbons (Fsp3) is 0.316. The largest absolute Gasteiger partial charge is 0.394 e. The number of rotatable bonds is 10. The summed E-state index contributed by atoms with van der Waals surface area (Å²) < 4.78 is 0.769. The van der Waals surface area contributed by atoms with Gasteiger partial charge < -0.3 is 15.3 Å². The number of thiazole rings is 1. The lowest BCUT2D eigenvalue weighted by Gasteiger charge is -2.22. The molecule has 162 valence electrons. The molecule has 2 aromatic rings. The molecular formula is C19H23ClN4O4S2. The number of anilines is 1. The molecular weight excluding hydrogens is 448 g/mol. The highest BCUT2D eigenvalue weighted by atomic mass is 35.5. The van der Waals surface area contributed by atoms with E-state index >= 15 is 0 Å². The third-order valence-electron chi connectivity index (χ3n) is 3.90. The van der Waals surface area contributed by atoms with Crippen molar-refractivity contribution in [2.75, 3.05) is 31.8 Å². The Labute approximate surface area is 188 Å². The van der Waals surface area contributed by atoms with Gasteiger partial charge in [-0.3, -0.25) is 14.4 Å². The number of halogens is 1. The van der Waals surface area contributed by atoms with E-state index in [9.17, 15) is 9.59 Å². The lowest BCUT2D eigenvalue weighted by Crippen LogP contribution is -2.32. The number of hydroxylamine groups is 1. The maximum absolute atomic E-state index is 13.0. The van der Waals surface area contributed by atoms with Gasteiger partial charge in [0.1, 0.15) is 11.4 Å². The maximum atomic E-state index is 13.0. The number of aliphatic hydroxyl groups is 1. The van der Waals surface area contributed by atoms with E-state index in [1.807, 2.05) is 26.2 Å². The summed E-state index contributed by atoms with van der Waals surface area (Å²) in [5, 5.41) is 12.4. The average molecular weight is 471 g/mol. The highest BCUT2D eigenvalue weighted by Crippen LogP contribution is 2.33. The summed E-state index contributed by atoms with van der Waals surface area (Å²) in [5.74, 6) is -0.439. The molecule has 2 amide bonds. The third-order valence-corrected chi connectivity index (χ3v) is 6.17. The summed E-state index contributed by atoms with van der Waals surface area (Å²) in [5.41, 5.74) is 4.29. The van der Waals surface area contributed by atoms with Crippen LogP contribution in [0, 0.1) is 13.8 Å². The van der Waals surface area contributed by atoms with Gasteiger partial charge in [0.15, 0.2) is 4.34 Å². The van der Waals surface area contributed by atoms with Crippen molar-refractivity contribution in [3.8, 4) is 0 Å². The van der Waals surface area contributed by atoms with E-state index in [1.165, 1.54) is 35.0 Å². The van der Waals surface area contributed by atoms with E-state index in [1.54, 1.807) is 12.1 Å². The summed E-state index contributed by atoms with van der Waals surface area (Å²) in [6.45, 7) is 3.40. The van der Waals surface area contributed by atoms with E-state index in [4.69, 9.17) is 21.5 Å². The van der Waals surface area contributed by atoms with Gasteiger partial charge in [-0.25, -0.2) is 10.5 Å². The number of aromatic nitrogens is 1. The number of hydrogen-bond acceptors (Lipinski definition) is 8. The topological polar surface area (TPSA) is 104 Å². The molecule has 0 fully saturated rings. The monoisotopic (exact) mass is 470 g/mol. The molecule has 3 N–H and O–H groups in total. The minimum atomic E-state index is -0.621. The van der Waals surface area contributed by atoms with Crippen LogP contribution in [-0.4, -0.2) is 53.8 Å². The molecule has 0 spiro atoms. The molecule has 1 aromatic heterocycles. The average Bonchev–Trinajstić information content (AvgIpc) is 3.09. The first-order valence-corrected chi connectivity index (χ1v) is 11.2. The molecule has 1 aromatic carbocycles. The summed E-state index contributed by atoms with van der Waals surface area (Å²) in [6, 6.07) is 5.39. The van der Waals surface area contributed by atoms with Crippen LogP contribution in [0.1, 0.15) is 16.1 Å². The molecule has 0 saturated carbocycles. The van der Waals surface area contributed by atoms with Gasteiger partial charge in [0.2, 0.25) is 6.41 Å². The van der Waals surface area contributed by atoms with Gasteiger partial charge >= 0.3 is 0 Å². The maximum Gasteiger partial charge on any atom is 0.280 e. The molecule has 0 unspecified atom stereocenters. The van der Waals surface area contributed by atoms with Crippen molar-refractivity contribution in [1.82, 2.24) is 15.4 Å². The van der Waals surface area contributed by atoms with Gasteiger partial charge in [0, 0.05) is 11.9 Å². The third kappa shape index (κ3) is 5.96. The van der Waals surface area contributed by atoms with Gasteiger partial charge in [-0.05, 0) is 37.8 Å². The standard InChI is InChI=1S/C19H23ClN4O4S2/c1-11-5-6-14(13(20)9-11)21-17(24(3)10-26)15(18(27)23-28-8-7-25)16-12(2)30-19(22-16)29-4/h5-6,9-10,21,25H,7-8H2,1-4H3,(H,23,27)/b17-15+. The van der Waals surface area contributed by atoms with Gasteiger partial charge in [0.25, 0.3) is 5.91 Å². The van der Waals surface area contributed by atoms with Crippen LogP contribution in [0.15, 0.2) is 28.4 Å². The first-order chi connectivity index (χ1) is 14.3. The number of hydrogen-bond donors (Lipinski definition) is 3. The van der Waals surface area contributed by atoms with Crippen LogP contribution in [0.2, 0.25) is 5.02 Å². The second-order valence-corrected chi connectivity index (χ2v) is 8.80. The van der Waals surface area contributed by atoms with Crippen molar-refractivity contribution in [3.63, 3.8) is 0 Å². The van der Waals surface area contributed by atoms with Crippen LogP contribution in [0.3, 0.4) is 0 Å². The van der Waals surface area contributed by atoms with E-state index in [0.717, 1.165) is 14.8 Å².